The Bertz CT molecular complexity index is 610. The number of carboxylic acid groups (broad SMARTS) is 2. The summed E-state index contributed by atoms with van der Waals surface area (Å²) in [5.74, 6) is -5.22. The maximum Gasteiger partial charge on any atom is 0.326 e. The highest BCUT2D eigenvalue weighted by molar-refractivity contribution is 5.92. The highest BCUT2D eigenvalue weighted by Crippen LogP contribution is 2.09. The van der Waals surface area contributed by atoms with Crippen LogP contribution in [-0.2, 0) is 24.0 Å². The van der Waals surface area contributed by atoms with Crippen molar-refractivity contribution in [3.63, 3.8) is 0 Å². The van der Waals surface area contributed by atoms with E-state index in [-0.39, 0.29) is 12.3 Å². The number of nitrogens with two attached hydrogens (primary N) is 1. The molecule has 0 bridgehead atoms. The maximum atomic E-state index is 12.5. The molecule has 5 unspecified atom stereocenters. The van der Waals surface area contributed by atoms with E-state index in [0.717, 1.165) is 0 Å². The van der Waals surface area contributed by atoms with Gasteiger partial charge in [-0.1, -0.05) is 20.3 Å². The SMILES string of the molecule is CCC(C)C(NC(=O)CNC(=O)C(N)C(C)O)C(=O)NC(CCC(=O)O)C(=O)O. The van der Waals surface area contributed by atoms with Crippen LogP contribution < -0.4 is 21.7 Å². The summed E-state index contributed by atoms with van der Waals surface area (Å²) in [6, 6.07) is -3.74. The van der Waals surface area contributed by atoms with Gasteiger partial charge >= 0.3 is 11.9 Å². The van der Waals surface area contributed by atoms with E-state index in [2.05, 4.69) is 16.0 Å². The highest BCUT2D eigenvalue weighted by atomic mass is 16.4. The van der Waals surface area contributed by atoms with E-state index >= 15 is 0 Å². The summed E-state index contributed by atoms with van der Waals surface area (Å²) < 4.78 is 0. The molecule has 0 saturated heterocycles. The minimum atomic E-state index is -1.43. The molecule has 8 N–H and O–H groups in total. The molecular formula is C17H30N4O8. The van der Waals surface area contributed by atoms with Crippen LogP contribution in [0.25, 0.3) is 0 Å². The lowest BCUT2D eigenvalue weighted by Gasteiger charge is -2.25. The van der Waals surface area contributed by atoms with Crippen molar-refractivity contribution in [3.05, 3.63) is 0 Å². The topological polar surface area (TPSA) is 208 Å². The van der Waals surface area contributed by atoms with Crippen molar-refractivity contribution in [1.29, 1.82) is 0 Å². The van der Waals surface area contributed by atoms with Gasteiger partial charge < -0.3 is 37.0 Å². The number of hydrogen-bond donors (Lipinski definition) is 7. The molecule has 0 aromatic carbocycles. The Morgan fingerprint density at radius 2 is 1.59 bits per heavy atom. The van der Waals surface area contributed by atoms with Crippen LogP contribution in [0.2, 0.25) is 0 Å². The van der Waals surface area contributed by atoms with Gasteiger partial charge in [0.2, 0.25) is 17.7 Å². The first-order chi connectivity index (χ1) is 13.4. The van der Waals surface area contributed by atoms with Gasteiger partial charge in [0, 0.05) is 6.42 Å². The summed E-state index contributed by atoms with van der Waals surface area (Å²) in [5.41, 5.74) is 5.44. The number of nitrogens with one attached hydrogen (secondary N) is 3. The second-order valence-corrected chi connectivity index (χ2v) is 6.75. The van der Waals surface area contributed by atoms with Gasteiger partial charge in [-0.05, 0) is 19.3 Å². The molecule has 0 aliphatic heterocycles. The Labute approximate surface area is 168 Å². The van der Waals surface area contributed by atoms with Crippen molar-refractivity contribution in [2.75, 3.05) is 6.54 Å². The summed E-state index contributed by atoms with van der Waals surface area (Å²) in [6.07, 6.45) is -1.40. The molecule has 0 spiro atoms. The van der Waals surface area contributed by atoms with Crippen LogP contribution in [0.3, 0.4) is 0 Å². The molecule has 0 aromatic heterocycles. The molecule has 0 rings (SSSR count). The zero-order valence-corrected chi connectivity index (χ0v) is 16.7. The molecule has 29 heavy (non-hydrogen) atoms. The van der Waals surface area contributed by atoms with Gasteiger partial charge in [0.05, 0.1) is 12.6 Å². The summed E-state index contributed by atoms with van der Waals surface area (Å²) in [5, 5.41) is 34.0. The molecule has 0 aromatic rings. The number of carbonyl (C=O) groups excluding carboxylic acids is 3. The third-order valence-electron chi connectivity index (χ3n) is 4.32. The van der Waals surface area contributed by atoms with Crippen LogP contribution in [0.4, 0.5) is 0 Å². The van der Waals surface area contributed by atoms with Crippen molar-refractivity contribution in [2.45, 2.75) is 64.3 Å². The predicted octanol–water partition coefficient (Wildman–Crippen LogP) is -2.22. The Morgan fingerprint density at radius 1 is 1.00 bits per heavy atom. The number of hydrogen-bond acceptors (Lipinski definition) is 7. The average Bonchev–Trinajstić information content (AvgIpc) is 2.65. The lowest BCUT2D eigenvalue weighted by atomic mass is 9.97. The number of aliphatic carboxylic acids is 2. The van der Waals surface area contributed by atoms with E-state index in [1.807, 2.05) is 0 Å². The van der Waals surface area contributed by atoms with Crippen molar-refractivity contribution in [3.8, 4) is 0 Å². The van der Waals surface area contributed by atoms with Gasteiger partial charge in [-0.3, -0.25) is 19.2 Å². The van der Waals surface area contributed by atoms with Crippen LogP contribution in [0.5, 0.6) is 0 Å². The van der Waals surface area contributed by atoms with Crippen molar-refractivity contribution in [1.82, 2.24) is 16.0 Å². The summed E-state index contributed by atoms with van der Waals surface area (Å²) in [4.78, 5) is 58.2. The maximum absolute atomic E-state index is 12.5. The van der Waals surface area contributed by atoms with Crippen LogP contribution in [0.1, 0.15) is 40.0 Å². The third kappa shape index (κ3) is 9.85. The molecule has 3 amide bonds. The average molecular weight is 418 g/mol. The van der Waals surface area contributed by atoms with Crippen molar-refractivity contribution in [2.24, 2.45) is 11.7 Å². The predicted molar refractivity (Wildman–Crippen MR) is 100 cm³/mol. The molecule has 166 valence electrons. The van der Waals surface area contributed by atoms with Gasteiger partial charge in [-0.2, -0.15) is 0 Å². The largest absolute Gasteiger partial charge is 0.481 e. The Morgan fingerprint density at radius 3 is 2.03 bits per heavy atom. The molecule has 0 aliphatic rings. The summed E-state index contributed by atoms with van der Waals surface area (Å²) in [6.45, 7) is 4.25. The first-order valence-electron chi connectivity index (χ1n) is 9.16. The lowest BCUT2D eigenvalue weighted by molar-refractivity contribution is -0.143. The fraction of sp³-hybridized carbons (Fsp3) is 0.706. The Balaban J connectivity index is 4.99. The smallest absolute Gasteiger partial charge is 0.326 e. The summed E-state index contributed by atoms with van der Waals surface area (Å²) in [7, 11) is 0. The van der Waals surface area contributed by atoms with Crippen molar-refractivity contribution < 1.29 is 39.3 Å². The molecule has 12 heteroatoms. The van der Waals surface area contributed by atoms with E-state index in [4.69, 9.17) is 15.9 Å². The monoisotopic (exact) mass is 418 g/mol. The van der Waals surface area contributed by atoms with E-state index in [9.17, 15) is 29.1 Å². The molecule has 5 atom stereocenters. The van der Waals surface area contributed by atoms with Gasteiger partial charge in [-0.25, -0.2) is 4.79 Å². The molecule has 0 aliphatic carbocycles. The first-order valence-corrected chi connectivity index (χ1v) is 9.16. The second kappa shape index (κ2) is 12.7. The second-order valence-electron chi connectivity index (χ2n) is 6.75. The van der Waals surface area contributed by atoms with Gasteiger partial charge in [0.25, 0.3) is 0 Å². The van der Waals surface area contributed by atoms with Gasteiger partial charge in [-0.15, -0.1) is 0 Å². The molecule has 12 nitrogen and oxygen atoms in total. The number of aliphatic hydroxyl groups is 1. The van der Waals surface area contributed by atoms with E-state index < -0.39 is 66.9 Å². The van der Waals surface area contributed by atoms with E-state index in [0.29, 0.717) is 6.42 Å². The first kappa shape index (κ1) is 26.3. The highest BCUT2D eigenvalue weighted by Gasteiger charge is 2.30. The van der Waals surface area contributed by atoms with Gasteiger partial charge in [0.15, 0.2) is 0 Å². The molecular weight excluding hydrogens is 388 g/mol. The normalized spacial score (nSPS) is 15.9. The van der Waals surface area contributed by atoms with Crippen LogP contribution in [0, 0.1) is 5.92 Å². The number of rotatable bonds is 13. The number of carbonyl (C=O) groups is 5. The standard InChI is InChI=1S/C17H30N4O8/c1-4-8(2)14(16(27)20-10(17(28)29)5-6-12(24)25)21-11(23)7-19-15(26)13(18)9(3)22/h8-10,13-14,22H,4-7,18H2,1-3H3,(H,19,26)(H,20,27)(H,21,23)(H,24,25)(H,28,29). The quantitative estimate of drug-likeness (QED) is 0.172. The van der Waals surface area contributed by atoms with Crippen molar-refractivity contribution >= 4 is 29.7 Å². The molecule has 0 fully saturated rings. The lowest BCUT2D eigenvalue weighted by Crippen LogP contribution is -2.56. The fourth-order valence-electron chi connectivity index (χ4n) is 2.22. The number of amides is 3. The van der Waals surface area contributed by atoms with Crippen LogP contribution in [0.15, 0.2) is 0 Å². The third-order valence-corrected chi connectivity index (χ3v) is 4.32. The zero-order chi connectivity index (χ0) is 22.7. The van der Waals surface area contributed by atoms with E-state index in [1.165, 1.54) is 6.92 Å². The molecule has 0 radical (unpaired) electrons. The number of aliphatic hydroxyl groups excluding tert-OH is 1. The van der Waals surface area contributed by atoms with Crippen LogP contribution in [-0.4, -0.2) is 75.8 Å². The molecule has 0 heterocycles. The summed E-state index contributed by atoms with van der Waals surface area (Å²) >= 11 is 0. The van der Waals surface area contributed by atoms with Gasteiger partial charge in [0.1, 0.15) is 18.1 Å². The zero-order valence-electron chi connectivity index (χ0n) is 16.7. The Kier molecular flexibility index (Phi) is 11.5. The fourth-order valence-corrected chi connectivity index (χ4v) is 2.22. The molecule has 0 saturated carbocycles. The van der Waals surface area contributed by atoms with Crippen LogP contribution >= 0.6 is 0 Å². The minimum Gasteiger partial charge on any atom is -0.481 e. The van der Waals surface area contributed by atoms with E-state index in [1.54, 1.807) is 13.8 Å². The Hall–Kier alpha value is -2.73. The number of carboxylic acids is 2. The minimum absolute atomic E-state index is 0.315.